The Morgan fingerprint density at radius 1 is 1.55 bits per heavy atom. The highest BCUT2D eigenvalue weighted by molar-refractivity contribution is 7.20. The van der Waals surface area contributed by atoms with Gasteiger partial charge in [0.15, 0.2) is 0 Å². The summed E-state index contributed by atoms with van der Waals surface area (Å²) in [6.07, 6.45) is 1.52. The lowest BCUT2D eigenvalue weighted by Gasteiger charge is -2.03. The number of aryl methyl sites for hydroxylation is 2. The van der Waals surface area contributed by atoms with Gasteiger partial charge in [-0.15, -0.1) is 11.3 Å². The van der Waals surface area contributed by atoms with Gasteiger partial charge in [0.1, 0.15) is 4.83 Å². The maximum atomic E-state index is 12.3. The van der Waals surface area contributed by atoms with Crippen molar-refractivity contribution in [1.29, 1.82) is 0 Å². The second kappa shape index (κ2) is 6.15. The molecular weight excluding hydrogens is 278 g/mol. The summed E-state index contributed by atoms with van der Waals surface area (Å²) in [5.41, 5.74) is 0.599. The van der Waals surface area contributed by atoms with Crippen molar-refractivity contribution >= 4 is 27.5 Å². The van der Waals surface area contributed by atoms with Gasteiger partial charge in [-0.2, -0.15) is 0 Å². The van der Waals surface area contributed by atoms with Gasteiger partial charge in [0.25, 0.3) is 11.5 Å². The number of fused-ring (bicyclic) bond motifs is 1. The lowest BCUT2D eigenvalue weighted by atomic mass is 10.2. The zero-order chi connectivity index (χ0) is 14.7. The standard InChI is InChI=1S/C13H17N3O3S/c1-4-16-7-15-12-9(13(16)18)8(2)10(20-12)11(17)14-5-6-19-3/h7H,4-6H2,1-3H3,(H,14,17). The summed E-state index contributed by atoms with van der Waals surface area (Å²) in [7, 11) is 1.58. The minimum atomic E-state index is -0.190. The molecule has 0 atom stereocenters. The zero-order valence-corrected chi connectivity index (χ0v) is 12.5. The number of nitrogens with one attached hydrogen (secondary N) is 1. The monoisotopic (exact) mass is 295 g/mol. The van der Waals surface area contributed by atoms with Crippen LogP contribution in [0.3, 0.4) is 0 Å². The molecule has 7 heteroatoms. The van der Waals surface area contributed by atoms with E-state index in [-0.39, 0.29) is 11.5 Å². The van der Waals surface area contributed by atoms with Crippen molar-refractivity contribution in [1.82, 2.24) is 14.9 Å². The molecule has 0 aliphatic heterocycles. The summed E-state index contributed by atoms with van der Waals surface area (Å²) < 4.78 is 6.43. The normalized spacial score (nSPS) is 10.9. The molecular formula is C13H17N3O3S. The number of methoxy groups -OCH3 is 1. The molecule has 1 amide bonds. The van der Waals surface area contributed by atoms with Crippen LogP contribution in [0.2, 0.25) is 0 Å². The van der Waals surface area contributed by atoms with Crippen molar-refractivity contribution in [2.45, 2.75) is 20.4 Å². The Labute approximate surface area is 120 Å². The quantitative estimate of drug-likeness (QED) is 0.840. The average Bonchev–Trinajstić information content (AvgIpc) is 2.77. The maximum Gasteiger partial charge on any atom is 0.262 e. The number of carbonyl (C=O) groups excluding carboxylic acids is 1. The Morgan fingerprint density at radius 2 is 2.30 bits per heavy atom. The van der Waals surface area contributed by atoms with E-state index < -0.39 is 0 Å². The number of nitrogens with zero attached hydrogens (tertiary/aromatic N) is 2. The fourth-order valence-electron chi connectivity index (χ4n) is 1.95. The third-order valence-electron chi connectivity index (χ3n) is 3.06. The molecule has 0 unspecified atom stereocenters. The zero-order valence-electron chi connectivity index (χ0n) is 11.7. The lowest BCUT2D eigenvalue weighted by Crippen LogP contribution is -2.26. The molecule has 0 saturated carbocycles. The fraction of sp³-hybridized carbons (Fsp3) is 0.462. The molecule has 0 aliphatic rings. The molecule has 0 bridgehead atoms. The molecule has 2 aromatic rings. The van der Waals surface area contributed by atoms with Crippen molar-refractivity contribution in [3.05, 3.63) is 27.1 Å². The predicted molar refractivity (Wildman–Crippen MR) is 78.5 cm³/mol. The van der Waals surface area contributed by atoms with E-state index in [9.17, 15) is 9.59 Å². The summed E-state index contributed by atoms with van der Waals surface area (Å²) >= 11 is 1.25. The summed E-state index contributed by atoms with van der Waals surface area (Å²) in [4.78, 5) is 29.7. The Morgan fingerprint density at radius 3 is 2.95 bits per heavy atom. The summed E-state index contributed by atoms with van der Waals surface area (Å²) in [5, 5.41) is 3.30. The number of hydrogen-bond acceptors (Lipinski definition) is 5. The van der Waals surface area contributed by atoms with Gasteiger partial charge in [0, 0.05) is 20.2 Å². The van der Waals surface area contributed by atoms with Gasteiger partial charge in [0.05, 0.1) is 23.2 Å². The highest BCUT2D eigenvalue weighted by Crippen LogP contribution is 2.26. The van der Waals surface area contributed by atoms with E-state index >= 15 is 0 Å². The molecule has 20 heavy (non-hydrogen) atoms. The first-order valence-electron chi connectivity index (χ1n) is 6.35. The largest absolute Gasteiger partial charge is 0.383 e. The van der Waals surface area contributed by atoms with E-state index in [2.05, 4.69) is 10.3 Å². The molecule has 0 spiro atoms. The first-order chi connectivity index (χ1) is 9.60. The molecule has 108 valence electrons. The molecule has 0 aromatic carbocycles. The third kappa shape index (κ3) is 2.59. The number of ether oxygens (including phenoxy) is 1. The summed E-state index contributed by atoms with van der Waals surface area (Å²) in [6, 6.07) is 0. The van der Waals surface area contributed by atoms with Crippen LogP contribution in [-0.4, -0.2) is 35.7 Å². The van der Waals surface area contributed by atoms with Gasteiger partial charge >= 0.3 is 0 Å². The van der Waals surface area contributed by atoms with Crippen LogP contribution in [0.1, 0.15) is 22.2 Å². The van der Waals surface area contributed by atoms with Crippen LogP contribution in [0.5, 0.6) is 0 Å². The number of aromatic nitrogens is 2. The van der Waals surface area contributed by atoms with E-state index in [0.29, 0.717) is 40.4 Å². The number of thiophene rings is 1. The van der Waals surface area contributed by atoms with Gasteiger partial charge < -0.3 is 10.1 Å². The van der Waals surface area contributed by atoms with Crippen LogP contribution < -0.4 is 10.9 Å². The van der Waals surface area contributed by atoms with Crippen LogP contribution in [0.25, 0.3) is 10.2 Å². The minimum Gasteiger partial charge on any atom is -0.383 e. The Hall–Kier alpha value is -1.73. The van der Waals surface area contributed by atoms with Crippen LogP contribution >= 0.6 is 11.3 Å². The van der Waals surface area contributed by atoms with Crippen molar-refractivity contribution < 1.29 is 9.53 Å². The highest BCUT2D eigenvalue weighted by Gasteiger charge is 2.18. The Balaban J connectivity index is 2.41. The molecule has 0 fully saturated rings. The Bertz CT molecular complexity index is 690. The van der Waals surface area contributed by atoms with Crippen molar-refractivity contribution in [2.24, 2.45) is 0 Å². The topological polar surface area (TPSA) is 73.2 Å². The second-order valence-corrected chi connectivity index (χ2v) is 5.32. The number of amides is 1. The maximum absolute atomic E-state index is 12.3. The lowest BCUT2D eigenvalue weighted by molar-refractivity contribution is 0.0940. The highest BCUT2D eigenvalue weighted by atomic mass is 32.1. The van der Waals surface area contributed by atoms with Crippen LogP contribution in [0.15, 0.2) is 11.1 Å². The van der Waals surface area contributed by atoms with Gasteiger partial charge in [-0.25, -0.2) is 4.98 Å². The van der Waals surface area contributed by atoms with Crippen LogP contribution in [-0.2, 0) is 11.3 Å². The van der Waals surface area contributed by atoms with Crippen molar-refractivity contribution in [3.8, 4) is 0 Å². The van der Waals surface area contributed by atoms with Gasteiger partial charge in [0.2, 0.25) is 0 Å². The third-order valence-corrected chi connectivity index (χ3v) is 4.25. The average molecular weight is 295 g/mol. The summed E-state index contributed by atoms with van der Waals surface area (Å²) in [5.74, 6) is -0.190. The smallest absolute Gasteiger partial charge is 0.262 e. The van der Waals surface area contributed by atoms with Crippen molar-refractivity contribution in [2.75, 3.05) is 20.3 Å². The Kier molecular flexibility index (Phi) is 4.51. The molecule has 1 N–H and O–H groups in total. The first-order valence-corrected chi connectivity index (χ1v) is 7.17. The number of rotatable bonds is 5. The SMILES string of the molecule is CCn1cnc2sc(C(=O)NCCOC)c(C)c2c1=O. The fourth-order valence-corrected chi connectivity index (χ4v) is 3.00. The van der Waals surface area contributed by atoms with Gasteiger partial charge in [-0.3, -0.25) is 14.2 Å². The molecule has 2 heterocycles. The van der Waals surface area contributed by atoms with E-state index in [1.54, 1.807) is 14.0 Å². The van der Waals surface area contributed by atoms with Crippen LogP contribution in [0.4, 0.5) is 0 Å². The molecule has 0 radical (unpaired) electrons. The molecule has 2 aromatic heterocycles. The van der Waals surface area contributed by atoms with Gasteiger partial charge in [-0.05, 0) is 19.4 Å². The number of carbonyl (C=O) groups is 1. The molecule has 0 saturated heterocycles. The molecule has 0 aliphatic carbocycles. The van der Waals surface area contributed by atoms with Gasteiger partial charge in [-0.1, -0.05) is 0 Å². The minimum absolute atomic E-state index is 0.0952. The van der Waals surface area contributed by atoms with E-state index in [0.717, 1.165) is 0 Å². The van der Waals surface area contributed by atoms with Crippen LogP contribution in [0, 0.1) is 6.92 Å². The summed E-state index contributed by atoms with van der Waals surface area (Å²) in [6.45, 7) is 5.13. The molecule has 6 nitrogen and oxygen atoms in total. The second-order valence-electron chi connectivity index (χ2n) is 4.32. The van der Waals surface area contributed by atoms with E-state index in [1.807, 2.05) is 6.92 Å². The predicted octanol–water partition coefficient (Wildman–Crippen LogP) is 1.16. The van der Waals surface area contributed by atoms with E-state index in [1.165, 1.54) is 22.2 Å². The van der Waals surface area contributed by atoms with E-state index in [4.69, 9.17) is 4.74 Å². The van der Waals surface area contributed by atoms with Crippen molar-refractivity contribution in [3.63, 3.8) is 0 Å². The first kappa shape index (κ1) is 14.7. The number of hydrogen-bond donors (Lipinski definition) is 1. The molecule has 2 rings (SSSR count).